The normalized spacial score (nSPS) is 10.3. The molecular formula is C14H12Cl2N2O2. The van der Waals surface area contributed by atoms with Crippen LogP contribution in [0.4, 0.5) is 17.1 Å². The first kappa shape index (κ1) is 14.5. The van der Waals surface area contributed by atoms with E-state index in [1.807, 2.05) is 6.92 Å². The Kier molecular flexibility index (Phi) is 4.06. The fraction of sp³-hybridized carbons (Fsp3) is 0.0714. The van der Waals surface area contributed by atoms with Gasteiger partial charge in [-0.05, 0) is 42.8 Å². The van der Waals surface area contributed by atoms with Crippen molar-refractivity contribution in [3.63, 3.8) is 0 Å². The van der Waals surface area contributed by atoms with Gasteiger partial charge >= 0.3 is 5.97 Å². The van der Waals surface area contributed by atoms with Crippen molar-refractivity contribution in [3.8, 4) is 0 Å². The van der Waals surface area contributed by atoms with E-state index in [4.69, 9.17) is 34.0 Å². The number of hydrogen-bond donors (Lipinski definition) is 3. The highest BCUT2D eigenvalue weighted by Crippen LogP contribution is 2.33. The second kappa shape index (κ2) is 5.61. The number of nitrogen functional groups attached to an aromatic ring is 1. The van der Waals surface area contributed by atoms with E-state index < -0.39 is 5.97 Å². The minimum absolute atomic E-state index is 0.126. The number of hydrogen-bond acceptors (Lipinski definition) is 3. The molecule has 2 rings (SSSR count). The van der Waals surface area contributed by atoms with Gasteiger partial charge in [-0.25, -0.2) is 4.79 Å². The van der Waals surface area contributed by atoms with Gasteiger partial charge in [-0.15, -0.1) is 0 Å². The zero-order valence-corrected chi connectivity index (χ0v) is 12.1. The molecule has 104 valence electrons. The Morgan fingerprint density at radius 3 is 2.45 bits per heavy atom. The quantitative estimate of drug-likeness (QED) is 0.738. The zero-order chi connectivity index (χ0) is 14.9. The Labute approximate surface area is 126 Å². The maximum absolute atomic E-state index is 10.8. The molecule has 0 amide bonds. The summed E-state index contributed by atoms with van der Waals surface area (Å²) in [4.78, 5) is 10.8. The Hall–Kier alpha value is -1.91. The zero-order valence-electron chi connectivity index (χ0n) is 10.6. The smallest absolute Gasteiger partial charge is 0.335 e. The molecule has 0 aliphatic carbocycles. The van der Waals surface area contributed by atoms with Gasteiger partial charge in [-0.2, -0.15) is 0 Å². The third-order valence-electron chi connectivity index (χ3n) is 2.82. The van der Waals surface area contributed by atoms with E-state index in [2.05, 4.69) is 5.32 Å². The van der Waals surface area contributed by atoms with E-state index in [1.165, 1.54) is 12.1 Å². The molecule has 2 aromatic rings. The standard InChI is InChI=1S/C14H12Cl2N2O2/c1-7-4-10(16)13(6-9(7)15)18-12-3-2-8(14(19)20)5-11(12)17/h2-6,18H,17H2,1H3,(H,19,20). The van der Waals surface area contributed by atoms with Crippen LogP contribution in [0.1, 0.15) is 15.9 Å². The van der Waals surface area contributed by atoms with Crippen LogP contribution in [0.5, 0.6) is 0 Å². The van der Waals surface area contributed by atoms with Gasteiger partial charge in [-0.1, -0.05) is 23.2 Å². The molecule has 0 atom stereocenters. The topological polar surface area (TPSA) is 75.3 Å². The fourth-order valence-electron chi connectivity index (χ4n) is 1.70. The monoisotopic (exact) mass is 310 g/mol. The molecule has 6 heteroatoms. The third kappa shape index (κ3) is 2.98. The molecule has 20 heavy (non-hydrogen) atoms. The van der Waals surface area contributed by atoms with Gasteiger partial charge in [0, 0.05) is 5.02 Å². The van der Waals surface area contributed by atoms with E-state index in [9.17, 15) is 4.79 Å². The first-order chi connectivity index (χ1) is 9.38. The summed E-state index contributed by atoms with van der Waals surface area (Å²) in [5.74, 6) is -1.03. The van der Waals surface area contributed by atoms with Crippen molar-refractivity contribution in [2.75, 3.05) is 11.1 Å². The third-order valence-corrected chi connectivity index (χ3v) is 3.54. The lowest BCUT2D eigenvalue weighted by Gasteiger charge is -2.12. The molecule has 0 saturated heterocycles. The molecule has 0 unspecified atom stereocenters. The van der Waals surface area contributed by atoms with Gasteiger partial charge in [0.25, 0.3) is 0 Å². The molecule has 4 nitrogen and oxygen atoms in total. The van der Waals surface area contributed by atoms with Crippen LogP contribution in [0.15, 0.2) is 30.3 Å². The number of nitrogens with two attached hydrogens (primary N) is 1. The number of nitrogens with one attached hydrogen (secondary N) is 1. The molecule has 0 fully saturated rings. The fourth-order valence-corrected chi connectivity index (χ4v) is 2.13. The van der Waals surface area contributed by atoms with Crippen LogP contribution in [-0.2, 0) is 0 Å². The highest BCUT2D eigenvalue weighted by molar-refractivity contribution is 6.35. The SMILES string of the molecule is Cc1cc(Cl)c(Nc2ccc(C(=O)O)cc2N)cc1Cl. The van der Waals surface area contributed by atoms with Crippen molar-refractivity contribution in [2.24, 2.45) is 0 Å². The van der Waals surface area contributed by atoms with Crippen LogP contribution in [-0.4, -0.2) is 11.1 Å². The number of carboxylic acid groups (broad SMARTS) is 1. The number of carbonyl (C=O) groups is 1. The number of halogens is 2. The highest BCUT2D eigenvalue weighted by Gasteiger charge is 2.09. The second-order valence-electron chi connectivity index (χ2n) is 4.31. The van der Waals surface area contributed by atoms with Crippen molar-refractivity contribution in [1.82, 2.24) is 0 Å². The van der Waals surface area contributed by atoms with Gasteiger partial charge in [0.05, 0.1) is 27.6 Å². The minimum atomic E-state index is -1.03. The molecule has 0 radical (unpaired) electrons. The van der Waals surface area contributed by atoms with E-state index in [1.54, 1.807) is 18.2 Å². The number of anilines is 3. The van der Waals surface area contributed by atoms with E-state index in [0.29, 0.717) is 27.1 Å². The Morgan fingerprint density at radius 2 is 1.85 bits per heavy atom. The van der Waals surface area contributed by atoms with Crippen LogP contribution in [0.2, 0.25) is 10.0 Å². The predicted molar refractivity (Wildman–Crippen MR) is 82.3 cm³/mol. The summed E-state index contributed by atoms with van der Waals surface area (Å²) < 4.78 is 0. The van der Waals surface area contributed by atoms with Gasteiger partial charge in [0.1, 0.15) is 0 Å². The van der Waals surface area contributed by atoms with Gasteiger partial charge in [0.2, 0.25) is 0 Å². The maximum atomic E-state index is 10.8. The number of aromatic carboxylic acids is 1. The Bertz CT molecular complexity index is 687. The maximum Gasteiger partial charge on any atom is 0.335 e. The van der Waals surface area contributed by atoms with Crippen molar-refractivity contribution < 1.29 is 9.90 Å². The molecule has 0 aliphatic heterocycles. The molecule has 0 bridgehead atoms. The molecule has 0 heterocycles. The van der Waals surface area contributed by atoms with E-state index in [0.717, 1.165) is 5.56 Å². The number of aryl methyl sites for hydroxylation is 1. The van der Waals surface area contributed by atoms with Crippen LogP contribution >= 0.6 is 23.2 Å². The molecule has 4 N–H and O–H groups in total. The average Bonchev–Trinajstić information content (AvgIpc) is 2.37. The van der Waals surface area contributed by atoms with Gasteiger partial charge in [-0.3, -0.25) is 0 Å². The molecule has 0 spiro atoms. The lowest BCUT2D eigenvalue weighted by Crippen LogP contribution is -2.01. The molecular weight excluding hydrogens is 299 g/mol. The van der Waals surface area contributed by atoms with Crippen molar-refractivity contribution in [1.29, 1.82) is 0 Å². The number of benzene rings is 2. The lowest BCUT2D eigenvalue weighted by molar-refractivity contribution is 0.0697. The Balaban J connectivity index is 2.35. The van der Waals surface area contributed by atoms with Gasteiger partial charge in [0.15, 0.2) is 0 Å². The summed E-state index contributed by atoms with van der Waals surface area (Å²) >= 11 is 12.2. The summed E-state index contributed by atoms with van der Waals surface area (Å²) in [6.45, 7) is 1.86. The second-order valence-corrected chi connectivity index (χ2v) is 5.13. The molecule has 2 aromatic carbocycles. The van der Waals surface area contributed by atoms with Crippen LogP contribution in [0, 0.1) is 6.92 Å². The lowest BCUT2D eigenvalue weighted by atomic mass is 10.1. The summed E-state index contributed by atoms with van der Waals surface area (Å²) in [7, 11) is 0. The minimum Gasteiger partial charge on any atom is -0.478 e. The van der Waals surface area contributed by atoms with Crippen molar-refractivity contribution >= 4 is 46.2 Å². The summed E-state index contributed by atoms with van der Waals surface area (Å²) in [5, 5.41) is 13.0. The van der Waals surface area contributed by atoms with Crippen LogP contribution < -0.4 is 11.1 Å². The first-order valence-electron chi connectivity index (χ1n) is 5.74. The largest absolute Gasteiger partial charge is 0.478 e. The summed E-state index contributed by atoms with van der Waals surface area (Å²) in [6, 6.07) is 7.87. The number of rotatable bonds is 3. The van der Waals surface area contributed by atoms with E-state index >= 15 is 0 Å². The van der Waals surface area contributed by atoms with Gasteiger partial charge < -0.3 is 16.2 Å². The predicted octanol–water partition coefficient (Wildman–Crippen LogP) is 4.33. The van der Waals surface area contributed by atoms with Crippen LogP contribution in [0.3, 0.4) is 0 Å². The average molecular weight is 311 g/mol. The van der Waals surface area contributed by atoms with E-state index in [-0.39, 0.29) is 5.56 Å². The summed E-state index contributed by atoms with van der Waals surface area (Å²) in [5.41, 5.74) is 8.31. The summed E-state index contributed by atoms with van der Waals surface area (Å²) in [6.07, 6.45) is 0. The number of carboxylic acids is 1. The highest BCUT2D eigenvalue weighted by atomic mass is 35.5. The van der Waals surface area contributed by atoms with Crippen LogP contribution in [0.25, 0.3) is 0 Å². The first-order valence-corrected chi connectivity index (χ1v) is 6.49. The molecule has 0 aliphatic rings. The Morgan fingerprint density at radius 1 is 1.15 bits per heavy atom. The molecule has 0 saturated carbocycles. The van der Waals surface area contributed by atoms with Crippen molar-refractivity contribution in [3.05, 3.63) is 51.5 Å². The molecule has 0 aromatic heterocycles. The van der Waals surface area contributed by atoms with Crippen molar-refractivity contribution in [2.45, 2.75) is 6.92 Å².